The van der Waals surface area contributed by atoms with Crippen LogP contribution in [0.5, 0.6) is 0 Å². The van der Waals surface area contributed by atoms with Gasteiger partial charge in [-0.05, 0) is 49.9 Å². The fraction of sp³-hybridized carbons (Fsp3) is 0.565. The van der Waals surface area contributed by atoms with Gasteiger partial charge in [-0.1, -0.05) is 48.8 Å². The number of amides is 1. The van der Waals surface area contributed by atoms with Gasteiger partial charge in [0.05, 0.1) is 17.6 Å². The number of carbonyl (C=O) groups excluding carboxylic acids is 1. The molecule has 5 nitrogen and oxygen atoms in total. The molecule has 6 rings (SSSR count). The van der Waals surface area contributed by atoms with Crippen molar-refractivity contribution < 1.29 is 14.4 Å². The Morgan fingerprint density at radius 3 is 2.79 bits per heavy atom. The van der Waals surface area contributed by atoms with E-state index in [0.717, 1.165) is 43.4 Å². The Hall–Kier alpha value is -2.14. The maximum absolute atomic E-state index is 13.3. The summed E-state index contributed by atoms with van der Waals surface area (Å²) in [6.07, 6.45) is 6.38. The lowest BCUT2D eigenvalue weighted by atomic mass is 9.42. The molecule has 1 amide bonds. The number of nitrogens with zero attached hydrogens (tertiary/aromatic N) is 1. The van der Waals surface area contributed by atoms with Gasteiger partial charge >= 0.3 is 0 Å². The van der Waals surface area contributed by atoms with Gasteiger partial charge in [-0.3, -0.25) is 4.79 Å². The minimum absolute atomic E-state index is 0.0745. The molecule has 4 saturated carbocycles. The lowest BCUT2D eigenvalue weighted by molar-refractivity contribution is -0.204. The van der Waals surface area contributed by atoms with Crippen molar-refractivity contribution in [1.29, 1.82) is 0 Å². The lowest BCUT2D eigenvalue weighted by Gasteiger charge is -2.64. The third kappa shape index (κ3) is 2.87. The number of carbonyl (C=O) groups is 1. The van der Waals surface area contributed by atoms with E-state index in [0.29, 0.717) is 24.6 Å². The first kappa shape index (κ1) is 17.9. The monoisotopic (exact) mass is 380 g/mol. The van der Waals surface area contributed by atoms with Gasteiger partial charge in [0.25, 0.3) is 0 Å². The lowest BCUT2D eigenvalue weighted by Crippen LogP contribution is -2.63. The molecule has 4 fully saturated rings. The molecule has 28 heavy (non-hydrogen) atoms. The first-order chi connectivity index (χ1) is 13.4. The summed E-state index contributed by atoms with van der Waals surface area (Å²) in [7, 11) is 0. The Labute approximate surface area is 165 Å². The van der Waals surface area contributed by atoms with Gasteiger partial charge in [-0.15, -0.1) is 0 Å². The highest BCUT2D eigenvalue weighted by Crippen LogP contribution is 2.67. The minimum atomic E-state index is -0.653. The van der Waals surface area contributed by atoms with E-state index in [-0.39, 0.29) is 11.3 Å². The highest BCUT2D eigenvalue weighted by molar-refractivity contribution is 5.83. The van der Waals surface area contributed by atoms with E-state index < -0.39 is 11.0 Å². The predicted molar refractivity (Wildman–Crippen MR) is 105 cm³/mol. The molecule has 0 spiro atoms. The van der Waals surface area contributed by atoms with Crippen LogP contribution in [0, 0.1) is 16.7 Å². The van der Waals surface area contributed by atoms with Crippen LogP contribution in [0.4, 0.5) is 0 Å². The number of benzene rings is 1. The molecule has 4 atom stereocenters. The predicted octanol–water partition coefficient (Wildman–Crippen LogP) is 4.07. The summed E-state index contributed by atoms with van der Waals surface area (Å²) >= 11 is 0. The van der Waals surface area contributed by atoms with Crippen molar-refractivity contribution in [3.8, 4) is 11.3 Å². The third-order valence-electron chi connectivity index (χ3n) is 7.44. The van der Waals surface area contributed by atoms with Gasteiger partial charge in [0, 0.05) is 11.6 Å². The maximum atomic E-state index is 13.3. The second-order valence-corrected chi connectivity index (χ2v) is 9.59. The van der Waals surface area contributed by atoms with Crippen LogP contribution in [0.1, 0.15) is 57.6 Å². The van der Waals surface area contributed by atoms with Crippen molar-refractivity contribution in [2.24, 2.45) is 16.7 Å². The topological polar surface area (TPSA) is 75.4 Å². The molecule has 2 N–H and O–H groups in total. The number of rotatable bonds is 5. The molecule has 1 aromatic heterocycles. The Morgan fingerprint density at radius 1 is 1.21 bits per heavy atom. The molecule has 4 bridgehead atoms. The van der Waals surface area contributed by atoms with E-state index in [2.05, 4.69) is 17.4 Å². The number of aromatic nitrogens is 1. The van der Waals surface area contributed by atoms with Gasteiger partial charge in [0.15, 0.2) is 5.76 Å². The standard InChI is InChI=1S/C23H28N2O3/c1-2-21-9-16-10-22(13-21,15-23(27,11-16)14-21)20(26)24-12-18-8-19(25-28-18)17-6-4-3-5-7-17/h3-8,16,27H,2,9-15H2,1H3,(H,24,26). The average Bonchev–Trinajstić information content (AvgIpc) is 3.14. The van der Waals surface area contributed by atoms with E-state index in [1.165, 1.54) is 6.42 Å². The van der Waals surface area contributed by atoms with E-state index >= 15 is 0 Å². The molecule has 4 unspecified atom stereocenters. The molecular formula is C23H28N2O3. The number of nitrogens with one attached hydrogen (secondary N) is 1. The van der Waals surface area contributed by atoms with E-state index in [1.807, 2.05) is 36.4 Å². The summed E-state index contributed by atoms with van der Waals surface area (Å²) in [6, 6.07) is 11.8. The SMILES string of the molecule is CCC12CC3CC(O)(C1)CC(C(=O)NCc1cc(-c4ccccc4)no1)(C3)C2. The normalized spacial score (nSPS) is 35.9. The van der Waals surface area contributed by atoms with Crippen LogP contribution < -0.4 is 5.32 Å². The van der Waals surface area contributed by atoms with Gasteiger partial charge < -0.3 is 14.9 Å². The van der Waals surface area contributed by atoms with Crippen LogP contribution >= 0.6 is 0 Å². The second kappa shape index (κ2) is 6.18. The third-order valence-corrected chi connectivity index (χ3v) is 7.44. The van der Waals surface area contributed by atoms with E-state index in [4.69, 9.17) is 4.52 Å². The summed E-state index contributed by atoms with van der Waals surface area (Å²) in [5.74, 6) is 1.20. The van der Waals surface area contributed by atoms with Gasteiger partial charge in [0.1, 0.15) is 5.69 Å². The quantitative estimate of drug-likeness (QED) is 0.820. The molecule has 5 heteroatoms. The molecule has 1 aromatic carbocycles. The van der Waals surface area contributed by atoms with Crippen LogP contribution in [0.15, 0.2) is 40.9 Å². The summed E-state index contributed by atoms with van der Waals surface area (Å²) < 4.78 is 5.44. The number of aliphatic hydroxyl groups is 1. The fourth-order valence-electron chi connectivity index (χ4n) is 6.73. The Balaban J connectivity index is 1.31. The molecule has 4 aliphatic rings. The van der Waals surface area contributed by atoms with Crippen molar-refractivity contribution in [3.63, 3.8) is 0 Å². The van der Waals surface area contributed by atoms with Gasteiger partial charge in [0.2, 0.25) is 5.91 Å². The molecule has 0 aliphatic heterocycles. The highest BCUT2D eigenvalue weighted by Gasteiger charge is 2.64. The van der Waals surface area contributed by atoms with Crippen molar-refractivity contribution in [1.82, 2.24) is 10.5 Å². The zero-order chi connectivity index (χ0) is 19.4. The van der Waals surface area contributed by atoms with Crippen LogP contribution in [0.25, 0.3) is 11.3 Å². The van der Waals surface area contributed by atoms with Crippen LogP contribution in [-0.4, -0.2) is 21.8 Å². The number of hydrogen-bond acceptors (Lipinski definition) is 4. The van der Waals surface area contributed by atoms with Crippen LogP contribution in [-0.2, 0) is 11.3 Å². The zero-order valence-corrected chi connectivity index (χ0v) is 16.4. The van der Waals surface area contributed by atoms with Crippen LogP contribution in [0.3, 0.4) is 0 Å². The Bertz CT molecular complexity index is 894. The molecule has 148 valence electrons. The fourth-order valence-corrected chi connectivity index (χ4v) is 6.73. The highest BCUT2D eigenvalue weighted by atomic mass is 16.5. The molecule has 1 heterocycles. The largest absolute Gasteiger partial charge is 0.390 e. The number of hydrogen-bond donors (Lipinski definition) is 2. The maximum Gasteiger partial charge on any atom is 0.226 e. The molecule has 0 radical (unpaired) electrons. The zero-order valence-electron chi connectivity index (χ0n) is 16.4. The van der Waals surface area contributed by atoms with Gasteiger partial charge in [-0.25, -0.2) is 0 Å². The molecular weight excluding hydrogens is 352 g/mol. The molecule has 4 aliphatic carbocycles. The van der Waals surface area contributed by atoms with Crippen molar-refractivity contribution in [3.05, 3.63) is 42.2 Å². The van der Waals surface area contributed by atoms with Crippen molar-refractivity contribution in [2.45, 2.75) is 64.0 Å². The van der Waals surface area contributed by atoms with Crippen molar-refractivity contribution >= 4 is 5.91 Å². The van der Waals surface area contributed by atoms with Crippen LogP contribution in [0.2, 0.25) is 0 Å². The smallest absolute Gasteiger partial charge is 0.226 e. The summed E-state index contributed by atoms with van der Waals surface area (Å²) in [5.41, 5.74) is 0.834. The minimum Gasteiger partial charge on any atom is -0.390 e. The first-order valence-electron chi connectivity index (χ1n) is 10.5. The first-order valence-corrected chi connectivity index (χ1v) is 10.5. The molecule has 0 saturated heterocycles. The van der Waals surface area contributed by atoms with Crippen molar-refractivity contribution in [2.75, 3.05) is 0 Å². The van der Waals surface area contributed by atoms with E-state index in [1.54, 1.807) is 0 Å². The average molecular weight is 380 g/mol. The Morgan fingerprint density at radius 2 is 2.04 bits per heavy atom. The summed E-state index contributed by atoms with van der Waals surface area (Å²) in [5, 5.41) is 18.3. The summed E-state index contributed by atoms with van der Waals surface area (Å²) in [6.45, 7) is 2.55. The second-order valence-electron chi connectivity index (χ2n) is 9.59. The Kier molecular flexibility index (Phi) is 3.96. The van der Waals surface area contributed by atoms with E-state index in [9.17, 15) is 9.90 Å². The van der Waals surface area contributed by atoms with Gasteiger partial charge in [-0.2, -0.15) is 0 Å². The summed E-state index contributed by atoms with van der Waals surface area (Å²) in [4.78, 5) is 13.3. The molecule has 2 aromatic rings.